The van der Waals surface area contributed by atoms with Gasteiger partial charge in [-0.1, -0.05) is 26.7 Å². The first-order valence-electron chi connectivity index (χ1n) is 6.63. The molecule has 0 aliphatic carbocycles. The lowest BCUT2D eigenvalue weighted by atomic mass is 10.2. The monoisotopic (exact) mass is 215 g/mol. The molecular weight excluding hydrogens is 186 g/mol. The first-order chi connectivity index (χ1) is 7.31. The van der Waals surface area contributed by atoms with Crippen molar-refractivity contribution >= 4 is 0 Å². The lowest BCUT2D eigenvalue weighted by Gasteiger charge is -2.09. The molecule has 0 bridgehead atoms. The minimum Gasteiger partial charge on any atom is -0.379 e. The summed E-state index contributed by atoms with van der Waals surface area (Å²) in [6, 6.07) is 0. The van der Waals surface area contributed by atoms with E-state index < -0.39 is 0 Å². The van der Waals surface area contributed by atoms with E-state index in [2.05, 4.69) is 26.1 Å². The van der Waals surface area contributed by atoms with Gasteiger partial charge in [-0.3, -0.25) is 0 Å². The van der Waals surface area contributed by atoms with Crippen molar-refractivity contribution in [3.8, 4) is 0 Å². The normalized spacial score (nSPS) is 13.0. The van der Waals surface area contributed by atoms with Crippen LogP contribution in [0.3, 0.4) is 0 Å². The van der Waals surface area contributed by atoms with Gasteiger partial charge in [-0.05, 0) is 45.7 Å². The van der Waals surface area contributed by atoms with E-state index >= 15 is 0 Å². The Bertz CT molecular complexity index is 117. The summed E-state index contributed by atoms with van der Waals surface area (Å²) in [5.41, 5.74) is 0. The summed E-state index contributed by atoms with van der Waals surface area (Å²) < 4.78 is 5.62. The van der Waals surface area contributed by atoms with Crippen LogP contribution in [0.25, 0.3) is 0 Å². The van der Waals surface area contributed by atoms with E-state index in [0.717, 1.165) is 19.6 Å². The summed E-state index contributed by atoms with van der Waals surface area (Å²) >= 11 is 0. The van der Waals surface area contributed by atoms with Crippen molar-refractivity contribution < 1.29 is 4.74 Å². The maximum atomic E-state index is 5.62. The molecule has 0 aliphatic rings. The third kappa shape index (κ3) is 11.8. The predicted molar refractivity (Wildman–Crippen MR) is 67.3 cm³/mol. The van der Waals surface area contributed by atoms with E-state index in [1.54, 1.807) is 0 Å². The quantitative estimate of drug-likeness (QED) is 0.534. The number of ether oxygens (including phenoxy) is 1. The van der Waals surface area contributed by atoms with Crippen LogP contribution < -0.4 is 5.32 Å². The second-order valence-electron chi connectivity index (χ2n) is 4.25. The molecule has 0 saturated heterocycles. The highest BCUT2D eigenvalue weighted by Crippen LogP contribution is 2.02. The standard InChI is InChI=1S/C13H29NO/c1-4-10-14-11-8-6-7-9-12-15-13(3)5-2/h13-14H,4-12H2,1-3H3. The first kappa shape index (κ1) is 14.9. The fourth-order valence-electron chi connectivity index (χ4n) is 1.41. The van der Waals surface area contributed by atoms with Gasteiger partial charge in [0, 0.05) is 6.61 Å². The molecule has 2 heteroatoms. The molecule has 0 saturated carbocycles. The second-order valence-corrected chi connectivity index (χ2v) is 4.25. The third-order valence-corrected chi connectivity index (χ3v) is 2.65. The zero-order valence-corrected chi connectivity index (χ0v) is 10.8. The Morgan fingerprint density at radius 1 is 1.00 bits per heavy atom. The summed E-state index contributed by atoms with van der Waals surface area (Å²) in [4.78, 5) is 0. The summed E-state index contributed by atoms with van der Waals surface area (Å²) in [6.45, 7) is 9.81. The minimum absolute atomic E-state index is 0.441. The Kier molecular flexibility index (Phi) is 11.9. The molecule has 0 fully saturated rings. The molecule has 0 aliphatic heterocycles. The maximum Gasteiger partial charge on any atom is 0.0544 e. The van der Waals surface area contributed by atoms with Gasteiger partial charge in [0.15, 0.2) is 0 Å². The summed E-state index contributed by atoms with van der Waals surface area (Å²) in [5, 5.41) is 3.42. The molecule has 1 N–H and O–H groups in total. The van der Waals surface area contributed by atoms with Gasteiger partial charge >= 0.3 is 0 Å². The van der Waals surface area contributed by atoms with E-state index in [4.69, 9.17) is 4.74 Å². The second kappa shape index (κ2) is 12.0. The molecule has 1 unspecified atom stereocenters. The molecule has 0 radical (unpaired) electrons. The number of hydrogen-bond acceptors (Lipinski definition) is 2. The molecular formula is C13H29NO. The first-order valence-corrected chi connectivity index (χ1v) is 6.63. The van der Waals surface area contributed by atoms with Gasteiger partial charge in [0.25, 0.3) is 0 Å². The third-order valence-electron chi connectivity index (χ3n) is 2.65. The lowest BCUT2D eigenvalue weighted by molar-refractivity contribution is 0.0608. The fourth-order valence-corrected chi connectivity index (χ4v) is 1.41. The molecule has 15 heavy (non-hydrogen) atoms. The van der Waals surface area contributed by atoms with E-state index in [0.29, 0.717) is 6.10 Å². The van der Waals surface area contributed by atoms with Crippen molar-refractivity contribution in [3.05, 3.63) is 0 Å². The van der Waals surface area contributed by atoms with E-state index in [9.17, 15) is 0 Å². The van der Waals surface area contributed by atoms with Crippen LogP contribution >= 0.6 is 0 Å². The van der Waals surface area contributed by atoms with Gasteiger partial charge in [-0.25, -0.2) is 0 Å². The van der Waals surface area contributed by atoms with Crippen molar-refractivity contribution in [2.24, 2.45) is 0 Å². The molecule has 0 aromatic heterocycles. The Balaban J connectivity index is 2.92. The maximum absolute atomic E-state index is 5.62. The van der Waals surface area contributed by atoms with Gasteiger partial charge in [0.1, 0.15) is 0 Å². The van der Waals surface area contributed by atoms with Gasteiger partial charge in [0.05, 0.1) is 6.10 Å². The highest BCUT2D eigenvalue weighted by Gasteiger charge is 1.97. The summed E-state index contributed by atoms with van der Waals surface area (Å²) in [5.74, 6) is 0. The van der Waals surface area contributed by atoms with Crippen molar-refractivity contribution in [2.45, 2.75) is 65.4 Å². The largest absolute Gasteiger partial charge is 0.379 e. The SMILES string of the molecule is CCCNCCCCCCOC(C)CC. The molecule has 1 atom stereocenters. The van der Waals surface area contributed by atoms with Crippen molar-refractivity contribution in [2.75, 3.05) is 19.7 Å². The van der Waals surface area contributed by atoms with E-state index in [1.165, 1.54) is 38.6 Å². The van der Waals surface area contributed by atoms with Gasteiger partial charge in [0.2, 0.25) is 0 Å². The Morgan fingerprint density at radius 2 is 1.73 bits per heavy atom. The molecule has 0 aromatic rings. The highest BCUT2D eigenvalue weighted by molar-refractivity contribution is 4.49. The van der Waals surface area contributed by atoms with Crippen LogP contribution in [0.15, 0.2) is 0 Å². The molecule has 0 heterocycles. The fraction of sp³-hybridized carbons (Fsp3) is 1.00. The van der Waals surface area contributed by atoms with Gasteiger partial charge in [-0.15, -0.1) is 0 Å². The van der Waals surface area contributed by atoms with E-state index in [1.807, 2.05) is 0 Å². The van der Waals surface area contributed by atoms with E-state index in [-0.39, 0.29) is 0 Å². The number of rotatable bonds is 11. The Labute approximate surface area is 95.8 Å². The smallest absolute Gasteiger partial charge is 0.0544 e. The zero-order valence-electron chi connectivity index (χ0n) is 10.8. The molecule has 0 rings (SSSR count). The van der Waals surface area contributed by atoms with Crippen LogP contribution in [0.4, 0.5) is 0 Å². The van der Waals surface area contributed by atoms with Crippen LogP contribution in [0, 0.1) is 0 Å². The van der Waals surface area contributed by atoms with Crippen LogP contribution in [-0.4, -0.2) is 25.8 Å². The average Bonchev–Trinajstić information content (AvgIpc) is 2.26. The topological polar surface area (TPSA) is 21.3 Å². The number of hydrogen-bond donors (Lipinski definition) is 1. The number of unbranched alkanes of at least 4 members (excludes halogenated alkanes) is 3. The van der Waals surface area contributed by atoms with Crippen LogP contribution in [0.2, 0.25) is 0 Å². The summed E-state index contributed by atoms with van der Waals surface area (Å²) in [6.07, 6.45) is 7.98. The Morgan fingerprint density at radius 3 is 2.40 bits per heavy atom. The summed E-state index contributed by atoms with van der Waals surface area (Å²) in [7, 11) is 0. The van der Waals surface area contributed by atoms with Crippen molar-refractivity contribution in [1.29, 1.82) is 0 Å². The van der Waals surface area contributed by atoms with Gasteiger partial charge < -0.3 is 10.1 Å². The zero-order chi connectivity index (χ0) is 11.4. The van der Waals surface area contributed by atoms with Crippen LogP contribution in [-0.2, 0) is 4.74 Å². The molecule has 0 aromatic carbocycles. The Hall–Kier alpha value is -0.0800. The van der Waals surface area contributed by atoms with Crippen molar-refractivity contribution in [3.63, 3.8) is 0 Å². The number of nitrogens with one attached hydrogen (secondary N) is 1. The predicted octanol–water partition coefficient (Wildman–Crippen LogP) is 3.36. The minimum atomic E-state index is 0.441. The lowest BCUT2D eigenvalue weighted by Crippen LogP contribution is -2.15. The molecule has 0 amide bonds. The molecule has 2 nitrogen and oxygen atoms in total. The van der Waals surface area contributed by atoms with Crippen LogP contribution in [0.5, 0.6) is 0 Å². The average molecular weight is 215 g/mol. The molecule has 92 valence electrons. The highest BCUT2D eigenvalue weighted by atomic mass is 16.5. The van der Waals surface area contributed by atoms with Crippen LogP contribution in [0.1, 0.15) is 59.3 Å². The molecule has 0 spiro atoms. The van der Waals surface area contributed by atoms with Gasteiger partial charge in [-0.2, -0.15) is 0 Å². The van der Waals surface area contributed by atoms with Crippen molar-refractivity contribution in [1.82, 2.24) is 5.32 Å².